The monoisotopic (exact) mass is 430 g/mol. The maximum absolute atomic E-state index is 12.8. The first-order valence-electron chi connectivity index (χ1n) is 8.89. The van der Waals surface area contributed by atoms with Gasteiger partial charge in [0, 0.05) is 10.3 Å². The molecule has 1 saturated heterocycles. The van der Waals surface area contributed by atoms with Crippen molar-refractivity contribution < 1.29 is 14.3 Å². The number of hydrogen-bond acceptors (Lipinski definition) is 6. The van der Waals surface area contributed by atoms with Crippen molar-refractivity contribution in [3.05, 3.63) is 56.1 Å². The largest absolute Gasteiger partial charge is 0.497 e. The zero-order valence-electron chi connectivity index (χ0n) is 15.2. The molecule has 1 N–H and O–H groups in total. The first kappa shape index (κ1) is 19.2. The lowest BCUT2D eigenvalue weighted by atomic mass is 9.96. The third kappa shape index (κ3) is 3.72. The van der Waals surface area contributed by atoms with Gasteiger partial charge < -0.3 is 4.74 Å². The van der Waals surface area contributed by atoms with Crippen molar-refractivity contribution in [3.8, 4) is 5.75 Å². The third-order valence-electron chi connectivity index (χ3n) is 4.73. The van der Waals surface area contributed by atoms with Gasteiger partial charge in [-0.25, -0.2) is 0 Å². The maximum Gasteiger partial charge on any atom is 0.285 e. The topological polar surface area (TPSA) is 58.6 Å². The number of thiophene rings is 1. The van der Waals surface area contributed by atoms with E-state index in [1.807, 2.05) is 29.6 Å². The number of hydrazine groups is 1. The Bertz CT molecular complexity index is 979. The van der Waals surface area contributed by atoms with E-state index in [0.717, 1.165) is 36.1 Å². The van der Waals surface area contributed by atoms with Gasteiger partial charge in [-0.1, -0.05) is 23.9 Å². The van der Waals surface area contributed by atoms with Crippen LogP contribution in [0.15, 0.2) is 34.6 Å². The van der Waals surface area contributed by atoms with E-state index in [1.54, 1.807) is 24.5 Å². The number of methoxy groups -OCH3 is 1. The molecule has 0 atom stereocenters. The van der Waals surface area contributed by atoms with Crippen LogP contribution in [0.25, 0.3) is 6.08 Å². The Morgan fingerprint density at radius 1 is 1.25 bits per heavy atom. The molecule has 0 bridgehead atoms. The Balaban J connectivity index is 1.50. The van der Waals surface area contributed by atoms with Gasteiger partial charge in [0.1, 0.15) is 5.75 Å². The summed E-state index contributed by atoms with van der Waals surface area (Å²) in [6.07, 6.45) is 5.96. The highest BCUT2D eigenvalue weighted by Crippen LogP contribution is 2.33. The molecule has 2 amide bonds. The molecule has 2 heterocycles. The van der Waals surface area contributed by atoms with Crippen molar-refractivity contribution in [1.82, 2.24) is 10.4 Å². The van der Waals surface area contributed by atoms with Gasteiger partial charge in [-0.3, -0.25) is 15.0 Å². The lowest BCUT2D eigenvalue weighted by Gasteiger charge is -2.17. The molecular weight excluding hydrogens is 412 g/mol. The Morgan fingerprint density at radius 2 is 2.00 bits per heavy atom. The number of carbonyl (C=O) groups excluding carboxylic acids is 2. The van der Waals surface area contributed by atoms with Crippen molar-refractivity contribution in [2.24, 2.45) is 0 Å². The minimum absolute atomic E-state index is 0.276. The van der Waals surface area contributed by atoms with E-state index in [-0.39, 0.29) is 11.8 Å². The van der Waals surface area contributed by atoms with E-state index >= 15 is 0 Å². The first-order valence-corrected chi connectivity index (χ1v) is 11.0. The standard InChI is InChI=1S/C20H18N2O3S3/c1-25-13-8-6-12(7-9-13)10-17-19(24)22(20(26)28-17)21-18(23)15-11-27-16-5-3-2-4-14(15)16/h6-11H,2-5H2,1H3,(H,21,23). The second-order valence-corrected chi connectivity index (χ2v) is 9.13. The fraction of sp³-hybridized carbons (Fsp3) is 0.250. The summed E-state index contributed by atoms with van der Waals surface area (Å²) < 4.78 is 5.47. The number of thioether (sulfide) groups is 1. The Hall–Kier alpha value is -2.16. The molecule has 1 aliphatic carbocycles. The fourth-order valence-corrected chi connectivity index (χ4v) is 5.57. The molecule has 144 valence electrons. The average molecular weight is 431 g/mol. The Labute approximate surface area is 176 Å². The molecule has 8 heteroatoms. The molecule has 5 nitrogen and oxygen atoms in total. The molecule has 0 saturated carbocycles. The minimum Gasteiger partial charge on any atom is -0.497 e. The number of rotatable bonds is 4. The van der Waals surface area contributed by atoms with E-state index in [4.69, 9.17) is 17.0 Å². The molecule has 0 radical (unpaired) electrons. The van der Waals surface area contributed by atoms with Crippen molar-refractivity contribution >= 4 is 57.5 Å². The van der Waals surface area contributed by atoms with Gasteiger partial charge in [-0.15, -0.1) is 11.3 Å². The number of ether oxygens (including phenoxy) is 1. The average Bonchev–Trinajstić information content (AvgIpc) is 3.25. The van der Waals surface area contributed by atoms with Crippen molar-refractivity contribution in [2.75, 3.05) is 7.11 Å². The van der Waals surface area contributed by atoms with Crippen LogP contribution in [0.2, 0.25) is 0 Å². The summed E-state index contributed by atoms with van der Waals surface area (Å²) in [7, 11) is 1.60. The van der Waals surface area contributed by atoms with Crippen molar-refractivity contribution in [2.45, 2.75) is 25.7 Å². The highest BCUT2D eigenvalue weighted by Gasteiger charge is 2.34. The fourth-order valence-electron chi connectivity index (χ4n) is 3.26. The number of nitrogens with one attached hydrogen (secondary N) is 1. The van der Waals surface area contributed by atoms with Crippen LogP contribution in [-0.4, -0.2) is 28.3 Å². The van der Waals surface area contributed by atoms with E-state index < -0.39 is 0 Å². The SMILES string of the molecule is COc1ccc(C=C2SC(=S)N(NC(=O)c3csc4c3CCCC4)C2=O)cc1. The molecule has 0 unspecified atom stereocenters. The van der Waals surface area contributed by atoms with Crippen LogP contribution in [0.3, 0.4) is 0 Å². The van der Waals surface area contributed by atoms with E-state index in [1.165, 1.54) is 28.1 Å². The van der Waals surface area contributed by atoms with Gasteiger partial charge in [0.2, 0.25) is 0 Å². The lowest BCUT2D eigenvalue weighted by Crippen LogP contribution is -2.45. The molecule has 1 aliphatic heterocycles. The maximum atomic E-state index is 12.8. The van der Waals surface area contributed by atoms with Crippen LogP contribution in [-0.2, 0) is 17.6 Å². The number of amides is 2. The van der Waals surface area contributed by atoms with Crippen molar-refractivity contribution in [3.63, 3.8) is 0 Å². The van der Waals surface area contributed by atoms with Gasteiger partial charge in [-0.2, -0.15) is 5.01 Å². The number of thiocarbonyl (C=S) groups is 1. The van der Waals surface area contributed by atoms with Crippen molar-refractivity contribution in [1.29, 1.82) is 0 Å². The molecule has 2 aromatic rings. The molecule has 28 heavy (non-hydrogen) atoms. The molecule has 4 rings (SSSR count). The van der Waals surface area contributed by atoms with E-state index in [9.17, 15) is 9.59 Å². The van der Waals surface area contributed by atoms with Crippen LogP contribution in [0.1, 0.15) is 39.2 Å². The predicted molar refractivity (Wildman–Crippen MR) is 116 cm³/mol. The summed E-state index contributed by atoms with van der Waals surface area (Å²) in [5.74, 6) is 0.153. The molecular formula is C20H18N2O3S3. The molecule has 2 aliphatic rings. The minimum atomic E-state index is -0.316. The summed E-state index contributed by atoms with van der Waals surface area (Å²) >= 11 is 8.12. The molecule has 1 aromatic heterocycles. The summed E-state index contributed by atoms with van der Waals surface area (Å²) in [5.41, 5.74) is 5.33. The summed E-state index contributed by atoms with van der Waals surface area (Å²) in [6, 6.07) is 7.38. The summed E-state index contributed by atoms with van der Waals surface area (Å²) in [6.45, 7) is 0. The normalized spacial score (nSPS) is 17.8. The highest BCUT2D eigenvalue weighted by molar-refractivity contribution is 8.26. The Morgan fingerprint density at radius 3 is 2.75 bits per heavy atom. The number of benzene rings is 1. The number of carbonyl (C=O) groups is 2. The second-order valence-electron chi connectivity index (χ2n) is 6.49. The van der Waals surface area contributed by atoms with Gasteiger partial charge in [0.15, 0.2) is 4.32 Å². The lowest BCUT2D eigenvalue weighted by molar-refractivity contribution is -0.123. The van der Waals surface area contributed by atoms with E-state index in [2.05, 4.69) is 5.43 Å². The van der Waals surface area contributed by atoms with Crippen LogP contribution in [0.4, 0.5) is 0 Å². The molecule has 1 aromatic carbocycles. The quantitative estimate of drug-likeness (QED) is 0.582. The second kappa shape index (κ2) is 8.06. The number of aryl methyl sites for hydroxylation is 1. The van der Waals surface area contributed by atoms with Crippen LogP contribution < -0.4 is 10.2 Å². The Kier molecular flexibility index (Phi) is 5.52. The van der Waals surface area contributed by atoms with Crippen LogP contribution in [0.5, 0.6) is 5.75 Å². The summed E-state index contributed by atoms with van der Waals surface area (Å²) in [5, 5.41) is 3.06. The number of nitrogens with zero attached hydrogens (tertiary/aromatic N) is 1. The number of hydrogen-bond donors (Lipinski definition) is 1. The predicted octanol–water partition coefficient (Wildman–Crippen LogP) is 4.18. The van der Waals surface area contributed by atoms with Gasteiger partial charge in [-0.05, 0) is 67.2 Å². The smallest absolute Gasteiger partial charge is 0.285 e. The molecule has 1 fully saturated rings. The zero-order valence-corrected chi connectivity index (χ0v) is 17.6. The van der Waals surface area contributed by atoms with E-state index in [0.29, 0.717) is 14.8 Å². The van der Waals surface area contributed by atoms with Gasteiger partial charge in [0.25, 0.3) is 11.8 Å². The summed E-state index contributed by atoms with van der Waals surface area (Å²) in [4.78, 5) is 27.3. The third-order valence-corrected chi connectivity index (χ3v) is 7.12. The van der Waals surface area contributed by atoms with Gasteiger partial charge >= 0.3 is 0 Å². The van der Waals surface area contributed by atoms with Crippen LogP contribution >= 0.6 is 35.3 Å². The van der Waals surface area contributed by atoms with Gasteiger partial charge in [0.05, 0.1) is 17.6 Å². The first-order chi connectivity index (χ1) is 13.6. The van der Waals surface area contributed by atoms with Crippen LogP contribution in [0, 0.1) is 0 Å². The highest BCUT2D eigenvalue weighted by atomic mass is 32.2. The molecule has 0 spiro atoms. The number of fused-ring (bicyclic) bond motifs is 1. The zero-order chi connectivity index (χ0) is 19.7.